The van der Waals surface area contributed by atoms with Crippen LogP contribution in [0.25, 0.3) is 0 Å². The summed E-state index contributed by atoms with van der Waals surface area (Å²) in [6, 6.07) is 0. The van der Waals surface area contributed by atoms with Crippen molar-refractivity contribution < 1.29 is 4.79 Å². The quantitative estimate of drug-likeness (QED) is 0.506. The van der Waals surface area contributed by atoms with Crippen molar-refractivity contribution in [3.8, 4) is 0 Å². The lowest BCUT2D eigenvalue weighted by molar-refractivity contribution is -0.104. The number of aldehydes is 1. The zero-order chi connectivity index (χ0) is 13.2. The SMILES string of the molecule is C/C(=C\C=O)C1=CC2=C(CCC1)CCCC2(C)C. The van der Waals surface area contributed by atoms with Crippen molar-refractivity contribution >= 4 is 6.29 Å². The van der Waals surface area contributed by atoms with Gasteiger partial charge in [0.2, 0.25) is 0 Å². The van der Waals surface area contributed by atoms with Gasteiger partial charge in [-0.25, -0.2) is 0 Å². The van der Waals surface area contributed by atoms with E-state index in [4.69, 9.17) is 0 Å². The molecule has 0 N–H and O–H groups in total. The molecule has 0 aromatic heterocycles. The predicted molar refractivity (Wildman–Crippen MR) is 76.4 cm³/mol. The van der Waals surface area contributed by atoms with Crippen molar-refractivity contribution in [2.45, 2.75) is 59.3 Å². The first-order valence-corrected chi connectivity index (χ1v) is 7.10. The second kappa shape index (κ2) is 5.26. The Morgan fingerprint density at radius 1 is 1.22 bits per heavy atom. The van der Waals surface area contributed by atoms with Crippen LogP contribution in [0.4, 0.5) is 0 Å². The van der Waals surface area contributed by atoms with Gasteiger partial charge in [0, 0.05) is 0 Å². The minimum absolute atomic E-state index is 0.310. The molecule has 1 nitrogen and oxygen atoms in total. The van der Waals surface area contributed by atoms with E-state index in [2.05, 4.69) is 26.8 Å². The minimum atomic E-state index is 0.310. The average Bonchev–Trinajstić information content (AvgIpc) is 2.52. The lowest BCUT2D eigenvalue weighted by atomic mass is 9.71. The summed E-state index contributed by atoms with van der Waals surface area (Å²) in [7, 11) is 0. The molecular formula is C17H24O. The average molecular weight is 244 g/mol. The maximum absolute atomic E-state index is 10.6. The molecule has 0 heterocycles. The van der Waals surface area contributed by atoms with Crippen molar-refractivity contribution in [2.75, 3.05) is 0 Å². The predicted octanol–water partition coefficient (Wildman–Crippen LogP) is 4.75. The maximum atomic E-state index is 10.6. The van der Waals surface area contributed by atoms with Crippen LogP contribution in [0.15, 0.2) is 34.4 Å². The Balaban J connectivity index is 2.41. The van der Waals surface area contributed by atoms with E-state index in [1.807, 2.05) is 0 Å². The number of hydrogen-bond acceptors (Lipinski definition) is 1. The zero-order valence-corrected chi connectivity index (χ0v) is 11.9. The fraction of sp³-hybridized carbons (Fsp3) is 0.588. The summed E-state index contributed by atoms with van der Waals surface area (Å²) in [6.45, 7) is 6.78. The molecule has 98 valence electrons. The highest BCUT2D eigenvalue weighted by Gasteiger charge is 2.29. The zero-order valence-electron chi connectivity index (χ0n) is 11.9. The summed E-state index contributed by atoms with van der Waals surface area (Å²) in [5, 5.41) is 0. The van der Waals surface area contributed by atoms with Crippen molar-refractivity contribution in [1.29, 1.82) is 0 Å². The molecule has 0 bridgehead atoms. The largest absolute Gasteiger partial charge is 0.299 e. The first-order chi connectivity index (χ1) is 8.54. The van der Waals surface area contributed by atoms with Gasteiger partial charge in [-0.05, 0) is 73.7 Å². The Morgan fingerprint density at radius 3 is 2.67 bits per heavy atom. The first kappa shape index (κ1) is 13.3. The third-order valence-corrected chi connectivity index (χ3v) is 4.46. The molecule has 2 aliphatic rings. The van der Waals surface area contributed by atoms with Gasteiger partial charge < -0.3 is 0 Å². The van der Waals surface area contributed by atoms with Crippen molar-refractivity contribution in [3.05, 3.63) is 34.4 Å². The van der Waals surface area contributed by atoms with Gasteiger partial charge in [0.05, 0.1) is 0 Å². The third-order valence-electron chi connectivity index (χ3n) is 4.46. The van der Waals surface area contributed by atoms with Gasteiger partial charge >= 0.3 is 0 Å². The van der Waals surface area contributed by atoms with E-state index in [1.165, 1.54) is 37.7 Å². The van der Waals surface area contributed by atoms with Crippen LogP contribution in [0.5, 0.6) is 0 Å². The van der Waals surface area contributed by atoms with E-state index in [-0.39, 0.29) is 0 Å². The highest BCUT2D eigenvalue weighted by Crippen LogP contribution is 2.45. The second-order valence-electron chi connectivity index (χ2n) is 6.26. The molecule has 2 aliphatic carbocycles. The van der Waals surface area contributed by atoms with Gasteiger partial charge in [0.25, 0.3) is 0 Å². The molecule has 2 rings (SSSR count). The number of rotatable bonds is 2. The maximum Gasteiger partial charge on any atom is 0.143 e. The van der Waals surface area contributed by atoms with E-state index in [0.29, 0.717) is 5.41 Å². The van der Waals surface area contributed by atoms with Crippen molar-refractivity contribution in [2.24, 2.45) is 5.41 Å². The Kier molecular flexibility index (Phi) is 3.89. The van der Waals surface area contributed by atoms with Crippen molar-refractivity contribution in [1.82, 2.24) is 0 Å². The van der Waals surface area contributed by atoms with Gasteiger partial charge in [-0.2, -0.15) is 0 Å². The molecule has 18 heavy (non-hydrogen) atoms. The Hall–Kier alpha value is -1.11. The molecule has 0 fully saturated rings. The van der Waals surface area contributed by atoms with Crippen LogP contribution < -0.4 is 0 Å². The standard InChI is InChI=1S/C17H24O/c1-13(9-11-18)15-7-4-6-14-8-5-10-17(2,3)16(14)12-15/h9,11-12H,4-8,10H2,1-3H3/b13-9+. The fourth-order valence-corrected chi connectivity index (χ4v) is 3.31. The summed E-state index contributed by atoms with van der Waals surface area (Å²) >= 11 is 0. The number of carbonyl (C=O) groups is 1. The Bertz CT molecular complexity index is 433. The molecule has 0 unspecified atom stereocenters. The molecule has 0 amide bonds. The number of allylic oxidation sites excluding steroid dienone is 6. The van der Waals surface area contributed by atoms with Gasteiger partial charge in [-0.1, -0.05) is 25.5 Å². The van der Waals surface area contributed by atoms with E-state index < -0.39 is 0 Å². The summed E-state index contributed by atoms with van der Waals surface area (Å²) in [5.41, 5.74) is 6.03. The van der Waals surface area contributed by atoms with Crippen LogP contribution in [0.2, 0.25) is 0 Å². The number of hydrogen-bond donors (Lipinski definition) is 0. The molecular weight excluding hydrogens is 220 g/mol. The highest BCUT2D eigenvalue weighted by atomic mass is 16.1. The lowest BCUT2D eigenvalue weighted by Crippen LogP contribution is -2.19. The molecule has 0 radical (unpaired) electrons. The molecule has 0 saturated heterocycles. The molecule has 0 aliphatic heterocycles. The van der Waals surface area contributed by atoms with Gasteiger partial charge in [-0.15, -0.1) is 0 Å². The molecule has 0 spiro atoms. The summed E-state index contributed by atoms with van der Waals surface area (Å²) in [6.07, 6.45) is 12.5. The smallest absolute Gasteiger partial charge is 0.143 e. The normalized spacial score (nSPS) is 24.2. The lowest BCUT2D eigenvalue weighted by Gasteiger charge is -2.33. The van der Waals surface area contributed by atoms with Gasteiger partial charge in [-0.3, -0.25) is 4.79 Å². The topological polar surface area (TPSA) is 17.1 Å². The second-order valence-corrected chi connectivity index (χ2v) is 6.26. The van der Waals surface area contributed by atoms with Crippen LogP contribution in [0.1, 0.15) is 59.3 Å². The van der Waals surface area contributed by atoms with Crippen LogP contribution in [0.3, 0.4) is 0 Å². The fourth-order valence-electron chi connectivity index (χ4n) is 3.31. The van der Waals surface area contributed by atoms with E-state index in [0.717, 1.165) is 18.3 Å². The minimum Gasteiger partial charge on any atom is -0.299 e. The summed E-state index contributed by atoms with van der Waals surface area (Å²) in [4.78, 5) is 10.6. The van der Waals surface area contributed by atoms with Crippen LogP contribution >= 0.6 is 0 Å². The van der Waals surface area contributed by atoms with Crippen molar-refractivity contribution in [3.63, 3.8) is 0 Å². The van der Waals surface area contributed by atoms with E-state index in [9.17, 15) is 4.79 Å². The van der Waals surface area contributed by atoms with E-state index in [1.54, 1.807) is 17.2 Å². The van der Waals surface area contributed by atoms with Crippen LogP contribution in [0, 0.1) is 5.41 Å². The Morgan fingerprint density at radius 2 is 1.94 bits per heavy atom. The van der Waals surface area contributed by atoms with Gasteiger partial charge in [0.15, 0.2) is 0 Å². The van der Waals surface area contributed by atoms with Crippen LogP contribution in [-0.2, 0) is 4.79 Å². The summed E-state index contributed by atoms with van der Waals surface area (Å²) < 4.78 is 0. The molecule has 0 saturated carbocycles. The molecule has 1 heteroatoms. The first-order valence-electron chi connectivity index (χ1n) is 7.10. The summed E-state index contributed by atoms with van der Waals surface area (Å²) in [5.74, 6) is 0. The van der Waals surface area contributed by atoms with E-state index >= 15 is 0 Å². The van der Waals surface area contributed by atoms with Gasteiger partial charge in [0.1, 0.15) is 6.29 Å². The Labute approximate surface area is 111 Å². The monoisotopic (exact) mass is 244 g/mol. The molecule has 0 atom stereocenters. The molecule has 0 aromatic carbocycles. The number of carbonyl (C=O) groups excluding carboxylic acids is 1. The highest BCUT2D eigenvalue weighted by molar-refractivity contribution is 5.68. The van der Waals surface area contributed by atoms with Crippen LogP contribution in [-0.4, -0.2) is 6.29 Å². The third kappa shape index (κ3) is 2.66. The molecule has 0 aromatic rings.